The van der Waals surface area contributed by atoms with Crippen LogP contribution >= 0.6 is 23.2 Å². The SMILES string of the molecule is CCOC(CC)=C(C(=O)O)C(=O)c1cc(F)c(Cl)cc1Cl. The summed E-state index contributed by atoms with van der Waals surface area (Å²) in [5, 5.41) is 8.85. The van der Waals surface area contributed by atoms with Crippen molar-refractivity contribution in [3.8, 4) is 0 Å². The number of benzene rings is 1. The monoisotopic (exact) mass is 334 g/mol. The molecule has 0 bridgehead atoms. The van der Waals surface area contributed by atoms with Gasteiger partial charge in [0.05, 0.1) is 16.7 Å². The van der Waals surface area contributed by atoms with Gasteiger partial charge >= 0.3 is 5.97 Å². The largest absolute Gasteiger partial charge is 0.497 e. The number of Topliss-reactive ketones (excluding diaryl/α,β-unsaturated/α-hetero) is 1. The lowest BCUT2D eigenvalue weighted by molar-refractivity contribution is -0.132. The van der Waals surface area contributed by atoms with Gasteiger partial charge in [-0.2, -0.15) is 0 Å². The minimum atomic E-state index is -1.46. The van der Waals surface area contributed by atoms with Crippen LogP contribution in [-0.2, 0) is 9.53 Å². The van der Waals surface area contributed by atoms with Gasteiger partial charge in [-0.3, -0.25) is 4.79 Å². The topological polar surface area (TPSA) is 63.6 Å². The smallest absolute Gasteiger partial charge is 0.343 e. The Morgan fingerprint density at radius 2 is 1.86 bits per heavy atom. The molecule has 114 valence electrons. The van der Waals surface area contributed by atoms with E-state index in [0.717, 1.165) is 12.1 Å². The number of allylic oxidation sites excluding steroid dienone is 1. The van der Waals surface area contributed by atoms with E-state index in [4.69, 9.17) is 27.9 Å². The third-order valence-electron chi connectivity index (χ3n) is 2.61. The molecule has 1 aromatic carbocycles. The Labute approximate surface area is 131 Å². The molecule has 0 fully saturated rings. The van der Waals surface area contributed by atoms with E-state index in [1.165, 1.54) is 0 Å². The summed E-state index contributed by atoms with van der Waals surface area (Å²) in [6.45, 7) is 3.51. The summed E-state index contributed by atoms with van der Waals surface area (Å²) >= 11 is 11.4. The third kappa shape index (κ3) is 3.95. The molecule has 0 aliphatic rings. The van der Waals surface area contributed by atoms with E-state index in [1.54, 1.807) is 13.8 Å². The molecule has 4 nitrogen and oxygen atoms in total. The van der Waals surface area contributed by atoms with Crippen LogP contribution in [0.15, 0.2) is 23.5 Å². The molecule has 1 rings (SSSR count). The van der Waals surface area contributed by atoms with Crippen LogP contribution in [0, 0.1) is 5.82 Å². The van der Waals surface area contributed by atoms with Crippen molar-refractivity contribution in [2.75, 3.05) is 6.61 Å². The number of ether oxygens (including phenoxy) is 1. The summed E-state index contributed by atoms with van der Waals surface area (Å²) in [7, 11) is 0. The molecule has 0 aliphatic heterocycles. The van der Waals surface area contributed by atoms with Crippen molar-refractivity contribution < 1.29 is 23.8 Å². The predicted octanol–water partition coefficient (Wildman–Crippen LogP) is 4.10. The maximum Gasteiger partial charge on any atom is 0.343 e. The number of hydrogen-bond acceptors (Lipinski definition) is 3. The number of carboxylic acids is 1. The van der Waals surface area contributed by atoms with Gasteiger partial charge in [0, 0.05) is 12.0 Å². The first-order valence-corrected chi connectivity index (χ1v) is 6.87. The molecule has 0 spiro atoms. The second-order valence-electron chi connectivity index (χ2n) is 3.97. The van der Waals surface area contributed by atoms with Gasteiger partial charge in [-0.25, -0.2) is 9.18 Å². The number of hydrogen-bond donors (Lipinski definition) is 1. The van der Waals surface area contributed by atoms with Crippen LogP contribution in [0.3, 0.4) is 0 Å². The fourth-order valence-corrected chi connectivity index (χ4v) is 2.17. The average Bonchev–Trinajstić information content (AvgIpc) is 2.41. The van der Waals surface area contributed by atoms with E-state index in [-0.39, 0.29) is 34.4 Å². The van der Waals surface area contributed by atoms with Crippen molar-refractivity contribution in [1.82, 2.24) is 0 Å². The quantitative estimate of drug-likeness (QED) is 0.212. The van der Waals surface area contributed by atoms with Crippen LogP contribution in [0.1, 0.15) is 30.6 Å². The van der Waals surface area contributed by atoms with E-state index in [1.807, 2.05) is 0 Å². The molecular formula is C14H13Cl2FO4. The summed E-state index contributed by atoms with van der Waals surface area (Å²) in [6, 6.07) is 1.87. The standard InChI is InChI=1S/C14H13Cl2FO4/c1-3-11(21-4-2)12(14(19)20)13(18)7-5-10(17)9(16)6-8(7)15/h5-6H,3-4H2,1-2H3,(H,19,20). The molecule has 0 saturated heterocycles. The van der Waals surface area contributed by atoms with E-state index in [9.17, 15) is 19.1 Å². The fraction of sp³-hybridized carbons (Fsp3) is 0.286. The second-order valence-corrected chi connectivity index (χ2v) is 4.78. The number of carboxylic acid groups (broad SMARTS) is 1. The molecule has 21 heavy (non-hydrogen) atoms. The maximum atomic E-state index is 13.5. The van der Waals surface area contributed by atoms with Crippen LogP contribution in [-0.4, -0.2) is 23.5 Å². The van der Waals surface area contributed by atoms with Gasteiger partial charge in [-0.05, 0) is 19.1 Å². The van der Waals surface area contributed by atoms with Crippen LogP contribution < -0.4 is 0 Å². The molecule has 1 N–H and O–H groups in total. The molecule has 0 saturated carbocycles. The van der Waals surface area contributed by atoms with Gasteiger partial charge in [0.25, 0.3) is 0 Å². The second kappa shape index (κ2) is 7.43. The Bertz CT molecular complexity index is 611. The van der Waals surface area contributed by atoms with Gasteiger partial charge in [-0.1, -0.05) is 30.1 Å². The van der Waals surface area contributed by atoms with Crippen LogP contribution in [0.4, 0.5) is 4.39 Å². The van der Waals surface area contributed by atoms with Crippen LogP contribution in [0.2, 0.25) is 10.0 Å². The summed E-state index contributed by atoms with van der Waals surface area (Å²) < 4.78 is 18.6. The maximum absolute atomic E-state index is 13.5. The predicted molar refractivity (Wildman–Crippen MR) is 77.3 cm³/mol. The summed E-state index contributed by atoms with van der Waals surface area (Å²) in [5.41, 5.74) is -0.843. The van der Waals surface area contributed by atoms with Crippen molar-refractivity contribution in [1.29, 1.82) is 0 Å². The highest BCUT2D eigenvalue weighted by Crippen LogP contribution is 2.27. The molecule has 0 heterocycles. The van der Waals surface area contributed by atoms with Gasteiger partial charge < -0.3 is 9.84 Å². The van der Waals surface area contributed by atoms with Crippen molar-refractivity contribution in [3.63, 3.8) is 0 Å². The minimum Gasteiger partial charge on any atom is -0.497 e. The highest BCUT2D eigenvalue weighted by Gasteiger charge is 2.27. The molecule has 0 radical (unpaired) electrons. The molecule has 7 heteroatoms. The van der Waals surface area contributed by atoms with Gasteiger partial charge in [0.1, 0.15) is 17.1 Å². The Morgan fingerprint density at radius 1 is 1.24 bits per heavy atom. The molecule has 0 aromatic heterocycles. The molecule has 0 unspecified atom stereocenters. The molecule has 0 aliphatic carbocycles. The van der Waals surface area contributed by atoms with Crippen molar-refractivity contribution in [3.05, 3.63) is 44.9 Å². The Balaban J connectivity index is 3.44. The lowest BCUT2D eigenvalue weighted by Gasteiger charge is -2.12. The fourth-order valence-electron chi connectivity index (χ4n) is 1.70. The number of aliphatic carboxylic acids is 1. The van der Waals surface area contributed by atoms with Crippen molar-refractivity contribution in [2.24, 2.45) is 0 Å². The molecule has 0 amide bonds. The Morgan fingerprint density at radius 3 is 2.33 bits per heavy atom. The lowest BCUT2D eigenvalue weighted by atomic mass is 10.0. The normalized spacial score (nSPS) is 11.9. The molecular weight excluding hydrogens is 322 g/mol. The Kier molecular flexibility index (Phi) is 6.18. The van der Waals surface area contributed by atoms with E-state index in [2.05, 4.69) is 0 Å². The number of rotatable bonds is 6. The third-order valence-corrected chi connectivity index (χ3v) is 3.22. The van der Waals surface area contributed by atoms with E-state index < -0.39 is 23.1 Å². The highest BCUT2D eigenvalue weighted by atomic mass is 35.5. The Hall–Kier alpha value is -1.59. The van der Waals surface area contributed by atoms with Gasteiger partial charge in [-0.15, -0.1) is 0 Å². The first kappa shape index (κ1) is 17.5. The number of carbonyl (C=O) groups is 2. The molecule has 1 aromatic rings. The zero-order valence-corrected chi connectivity index (χ0v) is 12.9. The minimum absolute atomic E-state index is 0.0152. The van der Waals surface area contributed by atoms with E-state index >= 15 is 0 Å². The van der Waals surface area contributed by atoms with Gasteiger partial charge in [0.2, 0.25) is 5.78 Å². The average molecular weight is 335 g/mol. The van der Waals surface area contributed by atoms with Crippen molar-refractivity contribution >= 4 is 35.0 Å². The summed E-state index contributed by atoms with van der Waals surface area (Å²) in [5.74, 6) is -3.23. The zero-order valence-electron chi connectivity index (χ0n) is 11.4. The van der Waals surface area contributed by atoms with Gasteiger partial charge in [0.15, 0.2) is 0 Å². The summed E-state index contributed by atoms with van der Waals surface area (Å²) in [4.78, 5) is 23.7. The van der Waals surface area contributed by atoms with E-state index in [0.29, 0.717) is 0 Å². The molecule has 0 atom stereocenters. The first-order chi connectivity index (χ1) is 9.83. The van der Waals surface area contributed by atoms with Crippen molar-refractivity contribution in [2.45, 2.75) is 20.3 Å². The number of ketones is 1. The zero-order chi connectivity index (χ0) is 16.2. The van der Waals surface area contributed by atoms with Crippen LogP contribution in [0.25, 0.3) is 0 Å². The van der Waals surface area contributed by atoms with Crippen LogP contribution in [0.5, 0.6) is 0 Å². The summed E-state index contributed by atoms with van der Waals surface area (Å²) in [6.07, 6.45) is 0.203. The highest BCUT2D eigenvalue weighted by molar-refractivity contribution is 6.39. The number of halogens is 3. The number of carbonyl (C=O) groups excluding carboxylic acids is 1. The lowest BCUT2D eigenvalue weighted by Crippen LogP contribution is -2.17. The first-order valence-electron chi connectivity index (χ1n) is 6.11.